The molecule has 1 atom stereocenters. The van der Waals surface area contributed by atoms with Gasteiger partial charge in [0.25, 0.3) is 5.24 Å². The molecule has 12 heavy (non-hydrogen) atoms. The predicted molar refractivity (Wildman–Crippen MR) is 49.1 cm³/mol. The number of amides is 2. The lowest BCUT2D eigenvalue weighted by atomic mass is 10.1. The van der Waals surface area contributed by atoms with Crippen LogP contribution in [0.3, 0.4) is 0 Å². The van der Waals surface area contributed by atoms with Crippen LogP contribution in [-0.4, -0.2) is 16.4 Å². The number of carbonyl (C=O) groups is 2. The van der Waals surface area contributed by atoms with Gasteiger partial charge < -0.3 is 0 Å². The Labute approximate surface area is 76.3 Å². The second kappa shape index (κ2) is 4.50. The topological polar surface area (TPSA) is 46.2 Å². The van der Waals surface area contributed by atoms with Crippen LogP contribution in [0.1, 0.15) is 32.6 Å². The quantitative estimate of drug-likeness (QED) is 0.684. The first-order valence-corrected chi connectivity index (χ1v) is 5.13. The lowest BCUT2D eigenvalue weighted by Crippen LogP contribution is -2.23. The Balaban J connectivity index is 2.24. The summed E-state index contributed by atoms with van der Waals surface area (Å²) in [5.41, 5.74) is 0. The van der Waals surface area contributed by atoms with E-state index in [9.17, 15) is 9.59 Å². The fourth-order valence-electron chi connectivity index (χ4n) is 1.16. The van der Waals surface area contributed by atoms with E-state index in [0.717, 1.165) is 37.4 Å². The average Bonchev–Trinajstić information content (AvgIpc) is 2.31. The summed E-state index contributed by atoms with van der Waals surface area (Å²) in [5, 5.41) is 1.96. The van der Waals surface area contributed by atoms with Crippen molar-refractivity contribution >= 4 is 22.9 Å². The first kappa shape index (κ1) is 9.58. The number of hydrogen-bond acceptors (Lipinski definition) is 3. The minimum Gasteiger partial charge on any atom is -0.286 e. The van der Waals surface area contributed by atoms with Crippen molar-refractivity contribution in [2.45, 2.75) is 37.9 Å². The largest absolute Gasteiger partial charge is 0.286 e. The molecule has 0 spiro atoms. The molecule has 0 aliphatic carbocycles. The second-order valence-corrected chi connectivity index (χ2v) is 4.05. The summed E-state index contributed by atoms with van der Waals surface area (Å²) in [5.74, 6) is -0.110. The molecule has 0 bridgehead atoms. The van der Waals surface area contributed by atoms with E-state index in [1.165, 1.54) is 0 Å². The molecule has 2 amide bonds. The third kappa shape index (κ3) is 2.52. The molecular formula is C8H13NO2S. The SMILES string of the molecule is CCCCCC1SC(=O)NC1=O. The summed E-state index contributed by atoms with van der Waals surface area (Å²) in [6.45, 7) is 2.12. The van der Waals surface area contributed by atoms with E-state index in [1.807, 2.05) is 0 Å². The summed E-state index contributed by atoms with van der Waals surface area (Å²) in [6, 6.07) is 0. The smallest absolute Gasteiger partial charge is 0.286 e. The van der Waals surface area contributed by atoms with Gasteiger partial charge in [-0.15, -0.1) is 0 Å². The van der Waals surface area contributed by atoms with Crippen LogP contribution in [0.5, 0.6) is 0 Å². The van der Waals surface area contributed by atoms with E-state index in [2.05, 4.69) is 12.2 Å². The number of imide groups is 1. The highest BCUT2D eigenvalue weighted by Crippen LogP contribution is 2.23. The summed E-state index contributed by atoms with van der Waals surface area (Å²) >= 11 is 1.12. The molecule has 68 valence electrons. The van der Waals surface area contributed by atoms with Gasteiger partial charge in [-0.3, -0.25) is 14.9 Å². The molecule has 1 rings (SSSR count). The van der Waals surface area contributed by atoms with Crippen molar-refractivity contribution in [3.8, 4) is 0 Å². The molecule has 1 saturated heterocycles. The summed E-state index contributed by atoms with van der Waals surface area (Å²) in [7, 11) is 0. The highest BCUT2D eigenvalue weighted by Gasteiger charge is 2.30. The van der Waals surface area contributed by atoms with Gasteiger partial charge in [-0.1, -0.05) is 37.9 Å². The van der Waals surface area contributed by atoms with E-state index in [1.54, 1.807) is 0 Å². The van der Waals surface area contributed by atoms with E-state index >= 15 is 0 Å². The van der Waals surface area contributed by atoms with Crippen molar-refractivity contribution in [2.24, 2.45) is 0 Å². The molecule has 1 aliphatic heterocycles. The van der Waals surface area contributed by atoms with Gasteiger partial charge in [-0.2, -0.15) is 0 Å². The van der Waals surface area contributed by atoms with Crippen LogP contribution >= 0.6 is 11.8 Å². The Morgan fingerprint density at radius 1 is 1.42 bits per heavy atom. The lowest BCUT2D eigenvalue weighted by molar-refractivity contribution is -0.119. The molecule has 4 heteroatoms. The Morgan fingerprint density at radius 3 is 2.67 bits per heavy atom. The first-order valence-electron chi connectivity index (χ1n) is 4.25. The van der Waals surface area contributed by atoms with Gasteiger partial charge in [0.2, 0.25) is 5.91 Å². The summed E-state index contributed by atoms with van der Waals surface area (Å²) < 4.78 is 0. The van der Waals surface area contributed by atoms with Gasteiger partial charge in [0, 0.05) is 0 Å². The Bertz CT molecular complexity index is 193. The maximum Gasteiger partial charge on any atom is 0.286 e. The van der Waals surface area contributed by atoms with Crippen LogP contribution < -0.4 is 5.32 Å². The standard InChI is InChI=1S/C8H13NO2S/c1-2-3-4-5-6-7(10)9-8(11)12-6/h6H,2-5H2,1H3,(H,9,10,11). The molecule has 0 aromatic heterocycles. The van der Waals surface area contributed by atoms with Crippen molar-refractivity contribution in [1.82, 2.24) is 5.32 Å². The van der Waals surface area contributed by atoms with Crippen molar-refractivity contribution in [2.75, 3.05) is 0 Å². The molecule has 1 unspecified atom stereocenters. The highest BCUT2D eigenvalue weighted by atomic mass is 32.2. The molecule has 0 saturated carbocycles. The van der Waals surface area contributed by atoms with Crippen molar-refractivity contribution in [3.63, 3.8) is 0 Å². The molecule has 0 aromatic rings. The van der Waals surface area contributed by atoms with Gasteiger partial charge in [-0.25, -0.2) is 0 Å². The van der Waals surface area contributed by atoms with Crippen LogP contribution in [0.2, 0.25) is 0 Å². The maximum atomic E-state index is 11.0. The minimum absolute atomic E-state index is 0.110. The molecule has 0 radical (unpaired) electrons. The lowest BCUT2D eigenvalue weighted by Gasteiger charge is -2.02. The molecular weight excluding hydrogens is 174 g/mol. The van der Waals surface area contributed by atoms with Crippen LogP contribution in [0, 0.1) is 0 Å². The fourth-order valence-corrected chi connectivity index (χ4v) is 2.03. The second-order valence-electron chi connectivity index (χ2n) is 2.88. The van der Waals surface area contributed by atoms with Gasteiger partial charge in [-0.05, 0) is 6.42 Å². The van der Waals surface area contributed by atoms with Crippen molar-refractivity contribution < 1.29 is 9.59 Å². The highest BCUT2D eigenvalue weighted by molar-refractivity contribution is 8.15. The van der Waals surface area contributed by atoms with Crippen LogP contribution in [0.15, 0.2) is 0 Å². The predicted octanol–water partition coefficient (Wildman–Crippen LogP) is 1.92. The van der Waals surface area contributed by atoms with E-state index in [0.29, 0.717) is 0 Å². The fraction of sp³-hybridized carbons (Fsp3) is 0.750. The number of hydrogen-bond donors (Lipinski definition) is 1. The van der Waals surface area contributed by atoms with Crippen molar-refractivity contribution in [3.05, 3.63) is 0 Å². The number of carbonyl (C=O) groups excluding carboxylic acids is 2. The van der Waals surface area contributed by atoms with E-state index in [-0.39, 0.29) is 16.4 Å². The average molecular weight is 187 g/mol. The van der Waals surface area contributed by atoms with Crippen molar-refractivity contribution in [1.29, 1.82) is 0 Å². The number of unbranched alkanes of at least 4 members (excludes halogenated alkanes) is 2. The summed E-state index contributed by atoms with van der Waals surface area (Å²) in [4.78, 5) is 21.8. The normalized spacial score (nSPS) is 22.9. The van der Waals surface area contributed by atoms with E-state index < -0.39 is 0 Å². The van der Waals surface area contributed by atoms with Gasteiger partial charge >= 0.3 is 0 Å². The monoisotopic (exact) mass is 187 g/mol. The summed E-state index contributed by atoms with van der Waals surface area (Å²) in [6.07, 6.45) is 4.15. The number of nitrogens with one attached hydrogen (secondary N) is 1. The third-order valence-corrected chi connectivity index (χ3v) is 2.89. The molecule has 0 aromatic carbocycles. The Hall–Kier alpha value is -0.510. The van der Waals surface area contributed by atoms with E-state index in [4.69, 9.17) is 0 Å². The molecule has 3 nitrogen and oxygen atoms in total. The molecule has 1 fully saturated rings. The zero-order valence-corrected chi connectivity index (χ0v) is 7.95. The molecule has 1 heterocycles. The zero-order valence-electron chi connectivity index (χ0n) is 7.13. The Morgan fingerprint density at radius 2 is 2.17 bits per heavy atom. The maximum absolute atomic E-state index is 11.0. The third-order valence-electron chi connectivity index (χ3n) is 1.84. The van der Waals surface area contributed by atoms with Crippen LogP contribution in [0.4, 0.5) is 4.79 Å². The van der Waals surface area contributed by atoms with Gasteiger partial charge in [0.05, 0.1) is 5.25 Å². The number of rotatable bonds is 4. The number of thioether (sulfide) groups is 1. The Kier molecular flexibility index (Phi) is 3.59. The molecule has 1 N–H and O–H groups in total. The zero-order chi connectivity index (χ0) is 8.97. The minimum atomic E-state index is -0.193. The molecule has 1 aliphatic rings. The van der Waals surface area contributed by atoms with Gasteiger partial charge in [0.15, 0.2) is 0 Å². The van der Waals surface area contributed by atoms with Gasteiger partial charge in [0.1, 0.15) is 0 Å². The van der Waals surface area contributed by atoms with Crippen LogP contribution in [-0.2, 0) is 4.79 Å². The van der Waals surface area contributed by atoms with Crippen LogP contribution in [0.25, 0.3) is 0 Å². The first-order chi connectivity index (χ1) is 5.74.